The Morgan fingerprint density at radius 3 is 2.33 bits per heavy atom. The van der Waals surface area contributed by atoms with E-state index in [9.17, 15) is 0 Å². The second kappa shape index (κ2) is 8.28. The Balaban J connectivity index is 2.06. The number of aromatic nitrogens is 2. The molecule has 27 heavy (non-hydrogen) atoms. The molecular weight excluding hydrogens is 391 g/mol. The van der Waals surface area contributed by atoms with Crippen LogP contribution in [0.1, 0.15) is 5.56 Å². The quantitative estimate of drug-likeness (QED) is 0.482. The average molecular weight is 407 g/mol. The van der Waals surface area contributed by atoms with E-state index in [0.717, 1.165) is 0 Å². The van der Waals surface area contributed by atoms with Crippen LogP contribution in [0, 0.1) is 0 Å². The summed E-state index contributed by atoms with van der Waals surface area (Å²) in [5, 5.41) is 5.77. The average Bonchev–Trinajstić information content (AvgIpc) is 2.68. The summed E-state index contributed by atoms with van der Waals surface area (Å²) < 4.78 is 16.3. The number of hydrogen-bond acceptors (Lipinski definition) is 7. The first-order valence-electron chi connectivity index (χ1n) is 7.77. The van der Waals surface area contributed by atoms with E-state index < -0.39 is 0 Å². The first-order valence-corrected chi connectivity index (χ1v) is 8.53. The highest BCUT2D eigenvalue weighted by molar-refractivity contribution is 6.38. The fourth-order valence-corrected chi connectivity index (χ4v) is 3.06. The lowest BCUT2D eigenvalue weighted by molar-refractivity contribution is 0.327. The van der Waals surface area contributed by atoms with E-state index in [1.54, 1.807) is 31.4 Å². The Morgan fingerprint density at radius 1 is 1.00 bits per heavy atom. The summed E-state index contributed by atoms with van der Waals surface area (Å²) in [6, 6.07) is 6.96. The molecule has 0 bridgehead atoms. The molecule has 3 rings (SSSR count). The molecule has 7 nitrogen and oxygen atoms in total. The van der Waals surface area contributed by atoms with Crippen molar-refractivity contribution >= 4 is 46.1 Å². The van der Waals surface area contributed by atoms with E-state index in [2.05, 4.69) is 20.5 Å². The minimum Gasteiger partial charge on any atom is -0.493 e. The summed E-state index contributed by atoms with van der Waals surface area (Å²) in [6.45, 7) is 0. The number of nitrogens with zero attached hydrogens (tertiary/aromatic N) is 3. The lowest BCUT2D eigenvalue weighted by Gasteiger charge is -2.15. The summed E-state index contributed by atoms with van der Waals surface area (Å²) in [6.07, 6.45) is 2.93. The Morgan fingerprint density at radius 2 is 1.70 bits per heavy atom. The van der Waals surface area contributed by atoms with Crippen LogP contribution in [0.25, 0.3) is 10.9 Å². The second-order valence-corrected chi connectivity index (χ2v) is 6.08. The van der Waals surface area contributed by atoms with E-state index in [0.29, 0.717) is 49.6 Å². The molecular formula is C18H16Cl2N4O3. The maximum atomic E-state index is 6.15. The van der Waals surface area contributed by atoms with Gasteiger partial charge in [0.2, 0.25) is 5.75 Å². The van der Waals surface area contributed by atoms with Gasteiger partial charge in [0.05, 0.1) is 48.5 Å². The number of benzene rings is 2. The van der Waals surface area contributed by atoms with Crippen molar-refractivity contribution < 1.29 is 14.2 Å². The van der Waals surface area contributed by atoms with Gasteiger partial charge in [-0.25, -0.2) is 9.97 Å². The Bertz CT molecular complexity index is 991. The highest BCUT2D eigenvalue weighted by Gasteiger charge is 2.19. The molecule has 0 spiro atoms. The number of ether oxygens (including phenoxy) is 3. The first-order chi connectivity index (χ1) is 13.1. The van der Waals surface area contributed by atoms with Gasteiger partial charge in [-0.2, -0.15) is 5.10 Å². The van der Waals surface area contributed by atoms with Crippen LogP contribution in [-0.2, 0) is 0 Å². The SMILES string of the molecule is COc1cc2ncnc(N/N=C/c3c(Cl)cccc3Cl)c2c(OC)c1OC. The monoisotopic (exact) mass is 406 g/mol. The number of hydrazone groups is 1. The zero-order chi connectivity index (χ0) is 19.4. The number of halogens is 2. The van der Waals surface area contributed by atoms with E-state index in [-0.39, 0.29) is 0 Å². The Labute approximate surface area is 165 Å². The Hall–Kier alpha value is -2.77. The smallest absolute Gasteiger partial charge is 0.204 e. The number of hydrogen-bond donors (Lipinski definition) is 1. The normalized spacial score (nSPS) is 11.0. The molecule has 0 fully saturated rings. The van der Waals surface area contributed by atoms with Crippen LogP contribution in [0.15, 0.2) is 35.7 Å². The van der Waals surface area contributed by atoms with Crippen LogP contribution in [0.4, 0.5) is 5.82 Å². The zero-order valence-corrected chi connectivity index (χ0v) is 16.3. The molecule has 140 valence electrons. The van der Waals surface area contributed by atoms with Crippen molar-refractivity contribution in [2.75, 3.05) is 26.8 Å². The third-order valence-electron chi connectivity index (χ3n) is 3.79. The van der Waals surface area contributed by atoms with Gasteiger partial charge in [0.25, 0.3) is 0 Å². The van der Waals surface area contributed by atoms with Crippen LogP contribution in [-0.4, -0.2) is 37.5 Å². The predicted octanol–water partition coefficient (Wildman–Crippen LogP) is 4.41. The van der Waals surface area contributed by atoms with E-state index in [1.807, 2.05) is 0 Å². The van der Waals surface area contributed by atoms with Gasteiger partial charge in [-0.3, -0.25) is 5.43 Å². The van der Waals surface area contributed by atoms with Crippen molar-refractivity contribution in [1.29, 1.82) is 0 Å². The van der Waals surface area contributed by atoms with Crippen molar-refractivity contribution in [3.05, 3.63) is 46.2 Å². The molecule has 3 aromatic rings. The third-order valence-corrected chi connectivity index (χ3v) is 4.45. The molecule has 9 heteroatoms. The van der Waals surface area contributed by atoms with Crippen LogP contribution >= 0.6 is 23.2 Å². The molecule has 1 heterocycles. The lowest BCUT2D eigenvalue weighted by atomic mass is 10.2. The standard InChI is InChI=1S/C18H16Cl2N4O3/c1-25-14-7-13-15(17(27-3)16(14)26-2)18(22-9-21-13)24-23-8-10-11(19)5-4-6-12(10)20/h4-9H,1-3H3,(H,21,22,24)/b23-8+. The second-order valence-electron chi connectivity index (χ2n) is 5.27. The molecule has 1 aromatic heterocycles. The first kappa shape index (κ1) is 19.0. The number of fused-ring (bicyclic) bond motifs is 1. The molecule has 0 unspecified atom stereocenters. The number of rotatable bonds is 6. The van der Waals surface area contributed by atoms with E-state index in [1.165, 1.54) is 26.8 Å². The van der Waals surface area contributed by atoms with Gasteiger partial charge < -0.3 is 14.2 Å². The van der Waals surface area contributed by atoms with E-state index >= 15 is 0 Å². The van der Waals surface area contributed by atoms with Gasteiger partial charge in [-0.1, -0.05) is 29.3 Å². The lowest BCUT2D eigenvalue weighted by Crippen LogP contribution is -2.01. The van der Waals surface area contributed by atoms with Gasteiger partial charge in [-0.05, 0) is 12.1 Å². The maximum Gasteiger partial charge on any atom is 0.204 e. The van der Waals surface area contributed by atoms with Crippen LogP contribution in [0.3, 0.4) is 0 Å². The fraction of sp³-hybridized carbons (Fsp3) is 0.167. The largest absolute Gasteiger partial charge is 0.493 e. The molecule has 0 saturated heterocycles. The van der Waals surface area contributed by atoms with Crippen molar-refractivity contribution in [2.24, 2.45) is 5.10 Å². The third kappa shape index (κ3) is 3.70. The summed E-state index contributed by atoms with van der Waals surface area (Å²) >= 11 is 12.3. The molecule has 0 aliphatic rings. The minimum atomic E-state index is 0.428. The molecule has 0 amide bonds. The number of nitrogens with one attached hydrogen (secondary N) is 1. The maximum absolute atomic E-state index is 6.15. The topological polar surface area (TPSA) is 77.9 Å². The summed E-state index contributed by atoms with van der Waals surface area (Å²) in [7, 11) is 4.60. The van der Waals surface area contributed by atoms with Crippen molar-refractivity contribution in [2.45, 2.75) is 0 Å². The molecule has 0 saturated carbocycles. The molecule has 0 aliphatic heterocycles. The van der Waals surface area contributed by atoms with Crippen LogP contribution < -0.4 is 19.6 Å². The molecule has 2 aromatic carbocycles. The highest BCUT2D eigenvalue weighted by Crippen LogP contribution is 2.44. The minimum absolute atomic E-state index is 0.428. The van der Waals surface area contributed by atoms with Gasteiger partial charge in [0.1, 0.15) is 6.33 Å². The molecule has 1 N–H and O–H groups in total. The van der Waals surface area contributed by atoms with Crippen molar-refractivity contribution in [1.82, 2.24) is 9.97 Å². The van der Waals surface area contributed by atoms with Gasteiger partial charge in [-0.15, -0.1) is 0 Å². The molecule has 0 aliphatic carbocycles. The van der Waals surface area contributed by atoms with Crippen molar-refractivity contribution in [3.63, 3.8) is 0 Å². The van der Waals surface area contributed by atoms with Crippen LogP contribution in [0.5, 0.6) is 17.2 Å². The van der Waals surface area contributed by atoms with Gasteiger partial charge in [0, 0.05) is 11.6 Å². The predicted molar refractivity (Wildman–Crippen MR) is 107 cm³/mol. The number of anilines is 1. The zero-order valence-electron chi connectivity index (χ0n) is 14.8. The van der Waals surface area contributed by atoms with Gasteiger partial charge >= 0.3 is 0 Å². The van der Waals surface area contributed by atoms with Crippen molar-refractivity contribution in [3.8, 4) is 17.2 Å². The molecule has 0 atom stereocenters. The fourth-order valence-electron chi connectivity index (χ4n) is 2.56. The van der Waals surface area contributed by atoms with Crippen LogP contribution in [0.2, 0.25) is 10.0 Å². The summed E-state index contributed by atoms with van der Waals surface area (Å²) in [5.74, 6) is 1.79. The number of methoxy groups -OCH3 is 3. The van der Waals surface area contributed by atoms with E-state index in [4.69, 9.17) is 37.4 Å². The highest BCUT2D eigenvalue weighted by atomic mass is 35.5. The summed E-state index contributed by atoms with van der Waals surface area (Å²) in [4.78, 5) is 8.51. The van der Waals surface area contributed by atoms with Gasteiger partial charge in [0.15, 0.2) is 17.3 Å². The molecule has 0 radical (unpaired) electrons. The summed E-state index contributed by atoms with van der Waals surface area (Å²) in [5.41, 5.74) is 4.08. The Kier molecular flexibility index (Phi) is 5.83.